The SMILES string of the molecule is Cc1cc(NSc2nccn2C(C)C)c2ncccc2c1. The molecule has 0 amide bonds. The van der Waals surface area contributed by atoms with Crippen molar-refractivity contribution in [1.82, 2.24) is 14.5 Å². The molecule has 4 nitrogen and oxygen atoms in total. The predicted molar refractivity (Wildman–Crippen MR) is 88.6 cm³/mol. The third-order valence-corrected chi connectivity index (χ3v) is 4.11. The molecule has 0 saturated carbocycles. The fourth-order valence-corrected chi connectivity index (χ4v) is 3.14. The highest BCUT2D eigenvalue weighted by Crippen LogP contribution is 2.28. The summed E-state index contributed by atoms with van der Waals surface area (Å²) in [5.41, 5.74) is 3.22. The lowest BCUT2D eigenvalue weighted by Gasteiger charge is -2.13. The zero-order valence-electron chi connectivity index (χ0n) is 12.4. The topological polar surface area (TPSA) is 42.7 Å². The molecule has 0 radical (unpaired) electrons. The number of nitrogens with one attached hydrogen (secondary N) is 1. The van der Waals surface area contributed by atoms with Gasteiger partial charge in [-0.3, -0.25) is 4.98 Å². The van der Waals surface area contributed by atoms with E-state index in [0.29, 0.717) is 6.04 Å². The molecule has 3 aromatic rings. The molecule has 0 bridgehead atoms. The molecule has 108 valence electrons. The zero-order valence-corrected chi connectivity index (χ0v) is 13.2. The summed E-state index contributed by atoms with van der Waals surface area (Å²) in [4.78, 5) is 8.87. The lowest BCUT2D eigenvalue weighted by molar-refractivity contribution is 0.550. The van der Waals surface area contributed by atoms with Gasteiger partial charge in [0.05, 0.1) is 11.2 Å². The van der Waals surface area contributed by atoms with Gasteiger partial charge >= 0.3 is 0 Å². The Morgan fingerprint density at radius 1 is 1.19 bits per heavy atom. The minimum atomic E-state index is 0.393. The first-order valence-corrected chi connectivity index (χ1v) is 7.78. The molecule has 2 heterocycles. The number of fused-ring (bicyclic) bond motifs is 1. The molecule has 0 atom stereocenters. The van der Waals surface area contributed by atoms with E-state index < -0.39 is 0 Å². The minimum Gasteiger partial charge on any atom is -0.322 e. The van der Waals surface area contributed by atoms with Crippen molar-refractivity contribution in [2.24, 2.45) is 0 Å². The van der Waals surface area contributed by atoms with Crippen molar-refractivity contribution < 1.29 is 0 Å². The maximum absolute atomic E-state index is 4.48. The van der Waals surface area contributed by atoms with Crippen LogP contribution in [0.1, 0.15) is 25.5 Å². The number of nitrogens with zero attached hydrogens (tertiary/aromatic N) is 3. The van der Waals surface area contributed by atoms with Crippen LogP contribution < -0.4 is 4.72 Å². The average molecular weight is 298 g/mol. The van der Waals surface area contributed by atoms with E-state index in [4.69, 9.17) is 0 Å². The van der Waals surface area contributed by atoms with Crippen LogP contribution in [0.3, 0.4) is 0 Å². The van der Waals surface area contributed by atoms with E-state index in [0.717, 1.165) is 21.7 Å². The van der Waals surface area contributed by atoms with Crippen LogP contribution in [0.2, 0.25) is 0 Å². The number of benzene rings is 1. The third kappa shape index (κ3) is 2.88. The van der Waals surface area contributed by atoms with Crippen LogP contribution >= 0.6 is 11.9 Å². The molecule has 2 aromatic heterocycles. The summed E-state index contributed by atoms with van der Waals surface area (Å²) in [5.74, 6) is 0. The Labute approximate surface area is 128 Å². The number of aromatic nitrogens is 3. The van der Waals surface area contributed by atoms with Crippen molar-refractivity contribution in [2.45, 2.75) is 32.0 Å². The number of rotatable bonds is 4. The van der Waals surface area contributed by atoms with Crippen LogP contribution in [0, 0.1) is 6.92 Å². The first-order chi connectivity index (χ1) is 10.1. The predicted octanol–water partition coefficient (Wildman–Crippen LogP) is 4.44. The molecule has 0 aliphatic carbocycles. The van der Waals surface area contributed by atoms with E-state index in [1.807, 2.05) is 24.7 Å². The van der Waals surface area contributed by atoms with Gasteiger partial charge in [0, 0.05) is 42.0 Å². The number of aryl methyl sites for hydroxylation is 1. The summed E-state index contributed by atoms with van der Waals surface area (Å²) in [7, 11) is 0. The van der Waals surface area contributed by atoms with Gasteiger partial charge in [0.1, 0.15) is 0 Å². The van der Waals surface area contributed by atoms with Crippen LogP contribution in [-0.4, -0.2) is 14.5 Å². The Kier molecular flexibility index (Phi) is 3.84. The summed E-state index contributed by atoms with van der Waals surface area (Å²) in [6.07, 6.45) is 5.65. The van der Waals surface area contributed by atoms with Crippen LogP contribution in [0.4, 0.5) is 5.69 Å². The summed E-state index contributed by atoms with van der Waals surface area (Å²) < 4.78 is 5.54. The highest BCUT2D eigenvalue weighted by atomic mass is 32.2. The summed E-state index contributed by atoms with van der Waals surface area (Å²) in [5, 5.41) is 2.10. The van der Waals surface area contributed by atoms with Crippen molar-refractivity contribution in [3.05, 3.63) is 48.4 Å². The monoisotopic (exact) mass is 298 g/mol. The number of pyridine rings is 1. The summed E-state index contributed by atoms with van der Waals surface area (Å²) >= 11 is 1.52. The maximum atomic E-state index is 4.48. The molecule has 0 aliphatic rings. The number of hydrogen-bond acceptors (Lipinski definition) is 4. The lowest BCUT2D eigenvalue weighted by Crippen LogP contribution is -2.02. The Hall–Kier alpha value is -2.01. The molecule has 0 fully saturated rings. The Morgan fingerprint density at radius 2 is 2.05 bits per heavy atom. The third-order valence-electron chi connectivity index (χ3n) is 3.29. The molecular weight excluding hydrogens is 280 g/mol. The molecule has 21 heavy (non-hydrogen) atoms. The smallest absolute Gasteiger partial charge is 0.189 e. The van der Waals surface area contributed by atoms with Crippen LogP contribution in [0.15, 0.2) is 48.0 Å². The zero-order chi connectivity index (χ0) is 14.8. The van der Waals surface area contributed by atoms with Crippen molar-refractivity contribution in [3.63, 3.8) is 0 Å². The summed E-state index contributed by atoms with van der Waals surface area (Å²) in [6, 6.07) is 8.70. The van der Waals surface area contributed by atoms with Gasteiger partial charge in [0.15, 0.2) is 5.16 Å². The molecule has 5 heteroatoms. The number of imidazole rings is 1. The van der Waals surface area contributed by atoms with E-state index in [-0.39, 0.29) is 0 Å². The van der Waals surface area contributed by atoms with Gasteiger partial charge in [-0.25, -0.2) is 4.98 Å². The first-order valence-electron chi connectivity index (χ1n) is 6.96. The molecule has 1 N–H and O–H groups in total. The second-order valence-electron chi connectivity index (χ2n) is 5.30. The van der Waals surface area contributed by atoms with Gasteiger partial charge in [0.25, 0.3) is 0 Å². The lowest BCUT2D eigenvalue weighted by atomic mass is 10.1. The van der Waals surface area contributed by atoms with E-state index in [9.17, 15) is 0 Å². The van der Waals surface area contributed by atoms with Crippen molar-refractivity contribution in [2.75, 3.05) is 4.72 Å². The van der Waals surface area contributed by atoms with Gasteiger partial charge in [0.2, 0.25) is 0 Å². The quantitative estimate of drug-likeness (QED) is 0.723. The van der Waals surface area contributed by atoms with Crippen molar-refractivity contribution >= 4 is 28.5 Å². The average Bonchev–Trinajstić information content (AvgIpc) is 2.93. The van der Waals surface area contributed by atoms with E-state index >= 15 is 0 Å². The number of hydrogen-bond donors (Lipinski definition) is 1. The Balaban J connectivity index is 1.90. The second kappa shape index (κ2) is 5.77. The molecule has 0 saturated heterocycles. The second-order valence-corrected chi connectivity index (χ2v) is 6.08. The normalized spacial score (nSPS) is 11.2. The summed E-state index contributed by atoms with van der Waals surface area (Å²) in [6.45, 7) is 6.39. The molecule has 1 aromatic carbocycles. The van der Waals surface area contributed by atoms with Gasteiger partial charge in [-0.05, 0) is 44.5 Å². The molecule has 0 spiro atoms. The van der Waals surface area contributed by atoms with Gasteiger partial charge in [-0.15, -0.1) is 0 Å². The standard InChI is InChI=1S/C16H18N4S/c1-11(2)20-8-7-18-16(20)21-19-14-10-12(3)9-13-5-4-6-17-15(13)14/h4-11,19H,1-3H3. The molecular formula is C16H18N4S. The molecule has 3 rings (SSSR count). The Morgan fingerprint density at radius 3 is 2.86 bits per heavy atom. The van der Waals surface area contributed by atoms with Gasteiger partial charge < -0.3 is 9.29 Å². The largest absolute Gasteiger partial charge is 0.322 e. The molecule has 0 unspecified atom stereocenters. The fourth-order valence-electron chi connectivity index (χ4n) is 2.29. The van der Waals surface area contributed by atoms with Crippen LogP contribution in [0.25, 0.3) is 10.9 Å². The minimum absolute atomic E-state index is 0.393. The van der Waals surface area contributed by atoms with Crippen molar-refractivity contribution in [3.8, 4) is 0 Å². The van der Waals surface area contributed by atoms with Crippen molar-refractivity contribution in [1.29, 1.82) is 0 Å². The maximum Gasteiger partial charge on any atom is 0.189 e. The van der Waals surface area contributed by atoms with E-state index in [1.165, 1.54) is 17.5 Å². The highest BCUT2D eigenvalue weighted by molar-refractivity contribution is 8.00. The first kappa shape index (κ1) is 13.9. The van der Waals surface area contributed by atoms with E-state index in [2.05, 4.69) is 58.2 Å². The van der Waals surface area contributed by atoms with E-state index in [1.54, 1.807) is 0 Å². The highest BCUT2D eigenvalue weighted by Gasteiger charge is 2.09. The fraction of sp³-hybridized carbons (Fsp3) is 0.250. The van der Waals surface area contributed by atoms with Crippen LogP contribution in [-0.2, 0) is 0 Å². The van der Waals surface area contributed by atoms with Crippen LogP contribution in [0.5, 0.6) is 0 Å². The number of anilines is 1. The van der Waals surface area contributed by atoms with Gasteiger partial charge in [-0.1, -0.05) is 6.07 Å². The van der Waals surface area contributed by atoms with Gasteiger partial charge in [-0.2, -0.15) is 0 Å². The Bertz CT molecular complexity index is 764. The molecule has 0 aliphatic heterocycles.